The Labute approximate surface area is 195 Å². The number of sulfonamides is 1. The Balaban J connectivity index is 1.40. The molecule has 1 aliphatic heterocycles. The van der Waals surface area contributed by atoms with Crippen molar-refractivity contribution in [2.45, 2.75) is 11.8 Å². The first-order valence-corrected chi connectivity index (χ1v) is 12.7. The molecule has 1 saturated heterocycles. The smallest absolute Gasteiger partial charge is 0.338 e. The Bertz CT molecular complexity index is 1270. The maximum Gasteiger partial charge on any atom is 0.338 e. The van der Waals surface area contributed by atoms with Crippen LogP contribution >= 0.6 is 11.3 Å². The molecule has 1 fully saturated rings. The molecule has 1 aliphatic rings. The molecular weight excluding hydrogens is 466 g/mol. The molecule has 0 unspecified atom stereocenters. The number of fused-ring (bicyclic) bond motifs is 1. The van der Waals surface area contributed by atoms with Gasteiger partial charge in [0.15, 0.2) is 10.9 Å². The van der Waals surface area contributed by atoms with Crippen molar-refractivity contribution in [3.05, 3.63) is 53.6 Å². The van der Waals surface area contributed by atoms with Crippen LogP contribution in [-0.2, 0) is 19.5 Å². The van der Waals surface area contributed by atoms with E-state index in [1.165, 1.54) is 39.9 Å². The fraction of sp³-hybridized carbons (Fsp3) is 0.318. The molecule has 2 heterocycles. The van der Waals surface area contributed by atoms with Gasteiger partial charge in [0.2, 0.25) is 10.0 Å². The molecule has 0 atom stereocenters. The summed E-state index contributed by atoms with van der Waals surface area (Å²) in [6.45, 7) is 3.43. The van der Waals surface area contributed by atoms with E-state index in [-0.39, 0.29) is 17.2 Å². The standard InChI is InChI=1S/C22H23N3O6S2/c1-2-31-21(27)16-5-8-18-20(13-16)32-22(24-18)23-14-19(26)15-3-6-17(7-4-15)33(28,29)25-9-11-30-12-10-25/h3-8,13H,2,9-12,14H2,1H3,(H,23,24). The van der Waals surface area contributed by atoms with Crippen LogP contribution in [0.4, 0.5) is 5.13 Å². The molecule has 0 aliphatic carbocycles. The molecule has 174 valence electrons. The predicted molar refractivity (Wildman–Crippen MR) is 124 cm³/mol. The van der Waals surface area contributed by atoms with Crippen LogP contribution in [0.5, 0.6) is 0 Å². The van der Waals surface area contributed by atoms with Gasteiger partial charge in [0.05, 0.1) is 47.0 Å². The highest BCUT2D eigenvalue weighted by Gasteiger charge is 2.26. The van der Waals surface area contributed by atoms with Crippen LogP contribution in [-0.4, -0.2) is 68.9 Å². The highest BCUT2D eigenvalue weighted by atomic mass is 32.2. The lowest BCUT2D eigenvalue weighted by atomic mass is 10.1. The molecule has 33 heavy (non-hydrogen) atoms. The van der Waals surface area contributed by atoms with E-state index in [2.05, 4.69) is 10.3 Å². The Hall–Kier alpha value is -2.86. The van der Waals surface area contributed by atoms with Gasteiger partial charge in [0, 0.05) is 18.7 Å². The van der Waals surface area contributed by atoms with Gasteiger partial charge < -0.3 is 14.8 Å². The zero-order valence-corrected chi connectivity index (χ0v) is 19.6. The van der Waals surface area contributed by atoms with Crippen molar-refractivity contribution in [1.82, 2.24) is 9.29 Å². The normalized spacial score (nSPS) is 14.8. The maximum absolute atomic E-state index is 12.7. The van der Waals surface area contributed by atoms with Gasteiger partial charge in [-0.3, -0.25) is 4.79 Å². The van der Waals surface area contributed by atoms with Gasteiger partial charge in [-0.2, -0.15) is 4.31 Å². The summed E-state index contributed by atoms with van der Waals surface area (Å²) < 4.78 is 37.8. The summed E-state index contributed by atoms with van der Waals surface area (Å²) in [4.78, 5) is 29.1. The highest BCUT2D eigenvalue weighted by Crippen LogP contribution is 2.27. The number of aromatic nitrogens is 1. The first-order chi connectivity index (χ1) is 15.9. The molecule has 2 aromatic carbocycles. The fourth-order valence-electron chi connectivity index (χ4n) is 3.35. The zero-order chi connectivity index (χ0) is 23.4. The van der Waals surface area contributed by atoms with Crippen LogP contribution in [0, 0.1) is 0 Å². The van der Waals surface area contributed by atoms with E-state index in [0.717, 1.165) is 4.70 Å². The summed E-state index contributed by atoms with van der Waals surface area (Å²) in [7, 11) is -3.60. The van der Waals surface area contributed by atoms with Crippen LogP contribution in [0.2, 0.25) is 0 Å². The number of ether oxygens (including phenoxy) is 2. The Morgan fingerprint density at radius 2 is 1.82 bits per heavy atom. The molecule has 0 amide bonds. The van der Waals surface area contributed by atoms with Crippen molar-refractivity contribution in [3.63, 3.8) is 0 Å². The SMILES string of the molecule is CCOC(=O)c1ccc2nc(NCC(=O)c3ccc(S(=O)(=O)N4CCOCC4)cc3)sc2c1. The maximum atomic E-state index is 12.7. The average molecular weight is 490 g/mol. The third-order valence-electron chi connectivity index (χ3n) is 5.08. The fourth-order valence-corrected chi connectivity index (χ4v) is 5.66. The number of nitrogens with zero attached hydrogens (tertiary/aromatic N) is 2. The number of ketones is 1. The van der Waals surface area contributed by atoms with Gasteiger partial charge in [0.25, 0.3) is 0 Å². The minimum absolute atomic E-state index is 0.000115. The highest BCUT2D eigenvalue weighted by molar-refractivity contribution is 7.89. The van der Waals surface area contributed by atoms with Gasteiger partial charge in [0.1, 0.15) is 0 Å². The van der Waals surface area contributed by atoms with Gasteiger partial charge in [-0.05, 0) is 49.4 Å². The number of thiazole rings is 1. The molecule has 1 N–H and O–H groups in total. The summed E-state index contributed by atoms with van der Waals surface area (Å²) in [6.07, 6.45) is 0. The summed E-state index contributed by atoms with van der Waals surface area (Å²) in [5.74, 6) is -0.589. The average Bonchev–Trinajstić information content (AvgIpc) is 3.25. The van der Waals surface area contributed by atoms with E-state index in [4.69, 9.17) is 9.47 Å². The Morgan fingerprint density at radius 1 is 1.12 bits per heavy atom. The number of hydrogen-bond acceptors (Lipinski definition) is 9. The zero-order valence-electron chi connectivity index (χ0n) is 17.9. The van der Waals surface area contributed by atoms with Crippen molar-refractivity contribution in [1.29, 1.82) is 0 Å². The van der Waals surface area contributed by atoms with Crippen LogP contribution in [0.25, 0.3) is 10.2 Å². The molecule has 1 aromatic heterocycles. The third-order valence-corrected chi connectivity index (χ3v) is 7.97. The van der Waals surface area contributed by atoms with Gasteiger partial charge in [-0.25, -0.2) is 18.2 Å². The number of benzene rings is 2. The van der Waals surface area contributed by atoms with E-state index in [9.17, 15) is 18.0 Å². The van der Waals surface area contributed by atoms with Crippen molar-refractivity contribution in [2.75, 3.05) is 44.8 Å². The van der Waals surface area contributed by atoms with Gasteiger partial charge >= 0.3 is 5.97 Å². The number of esters is 1. The molecule has 9 nitrogen and oxygen atoms in total. The molecule has 0 radical (unpaired) electrons. The second-order valence-electron chi connectivity index (χ2n) is 7.24. The molecule has 0 saturated carbocycles. The number of nitrogens with one attached hydrogen (secondary N) is 1. The summed E-state index contributed by atoms with van der Waals surface area (Å²) in [5.41, 5.74) is 1.55. The lowest BCUT2D eigenvalue weighted by Gasteiger charge is -2.26. The monoisotopic (exact) mass is 489 g/mol. The van der Waals surface area contributed by atoms with Crippen LogP contribution < -0.4 is 5.32 Å². The number of carbonyl (C=O) groups excluding carboxylic acids is 2. The number of morpholine rings is 1. The number of rotatable bonds is 8. The molecule has 0 bridgehead atoms. The molecular formula is C22H23N3O6S2. The van der Waals surface area contributed by atoms with Crippen molar-refractivity contribution in [3.8, 4) is 0 Å². The summed E-state index contributed by atoms with van der Waals surface area (Å²) >= 11 is 1.33. The number of hydrogen-bond donors (Lipinski definition) is 1. The summed E-state index contributed by atoms with van der Waals surface area (Å²) in [5, 5.41) is 3.55. The number of carbonyl (C=O) groups is 2. The quantitative estimate of drug-likeness (QED) is 0.379. The second kappa shape index (κ2) is 9.96. The minimum Gasteiger partial charge on any atom is -0.462 e. The lowest BCUT2D eigenvalue weighted by Crippen LogP contribution is -2.40. The van der Waals surface area contributed by atoms with E-state index < -0.39 is 16.0 Å². The van der Waals surface area contributed by atoms with Crippen molar-refractivity contribution >= 4 is 48.5 Å². The van der Waals surface area contributed by atoms with Crippen LogP contribution in [0.15, 0.2) is 47.4 Å². The van der Waals surface area contributed by atoms with E-state index in [1.807, 2.05) is 0 Å². The molecule has 3 aromatic rings. The van der Waals surface area contributed by atoms with Gasteiger partial charge in [-0.15, -0.1) is 0 Å². The van der Waals surface area contributed by atoms with E-state index in [0.29, 0.717) is 54.7 Å². The summed E-state index contributed by atoms with van der Waals surface area (Å²) in [6, 6.07) is 11.0. The van der Waals surface area contributed by atoms with E-state index in [1.54, 1.807) is 25.1 Å². The first-order valence-electron chi connectivity index (χ1n) is 10.4. The Morgan fingerprint density at radius 3 is 2.52 bits per heavy atom. The van der Waals surface area contributed by atoms with Crippen LogP contribution in [0.3, 0.4) is 0 Å². The van der Waals surface area contributed by atoms with Crippen LogP contribution in [0.1, 0.15) is 27.6 Å². The van der Waals surface area contributed by atoms with Crippen molar-refractivity contribution in [2.24, 2.45) is 0 Å². The molecule has 11 heteroatoms. The number of anilines is 1. The Kier molecular flexibility index (Phi) is 7.03. The van der Waals surface area contributed by atoms with Gasteiger partial charge in [-0.1, -0.05) is 11.3 Å². The van der Waals surface area contributed by atoms with Crippen molar-refractivity contribution < 1.29 is 27.5 Å². The third kappa shape index (κ3) is 5.22. The molecule has 4 rings (SSSR count). The first kappa shape index (κ1) is 23.3. The predicted octanol–water partition coefficient (Wildman–Crippen LogP) is 2.79. The minimum atomic E-state index is -3.60. The van der Waals surface area contributed by atoms with E-state index >= 15 is 0 Å². The number of Topliss-reactive ketones (excluding diaryl/α,β-unsaturated/α-hetero) is 1. The largest absolute Gasteiger partial charge is 0.462 e. The molecule has 0 spiro atoms. The lowest BCUT2D eigenvalue weighted by molar-refractivity contribution is 0.0526. The topological polar surface area (TPSA) is 115 Å². The second-order valence-corrected chi connectivity index (χ2v) is 10.2.